The second-order valence-electron chi connectivity index (χ2n) is 8.16. The van der Waals surface area contributed by atoms with Gasteiger partial charge in [0, 0.05) is 11.8 Å². The van der Waals surface area contributed by atoms with Crippen LogP contribution in [0.5, 0.6) is 0 Å². The van der Waals surface area contributed by atoms with Crippen molar-refractivity contribution in [1.82, 2.24) is 19.9 Å². The van der Waals surface area contributed by atoms with Gasteiger partial charge in [-0.25, -0.2) is 13.9 Å². The number of carbonyl (C=O) groups is 1. The van der Waals surface area contributed by atoms with Crippen molar-refractivity contribution in [2.75, 3.05) is 0 Å². The maximum absolute atomic E-state index is 13.3. The lowest BCUT2D eigenvalue weighted by Crippen LogP contribution is -2.38. The molecule has 1 aromatic carbocycles. The molecular weight excluding hydrogens is 426 g/mol. The molecule has 1 unspecified atom stereocenters. The summed E-state index contributed by atoms with van der Waals surface area (Å²) in [5.74, 6) is -1.78. The topological polar surface area (TPSA) is 85.3 Å². The van der Waals surface area contributed by atoms with Gasteiger partial charge in [0.15, 0.2) is 5.65 Å². The van der Waals surface area contributed by atoms with Crippen LogP contribution in [0, 0.1) is 11.7 Å². The molecule has 0 bridgehead atoms. The van der Waals surface area contributed by atoms with Crippen molar-refractivity contribution in [3.05, 3.63) is 65.4 Å². The quantitative estimate of drug-likeness (QED) is 0.563. The molecule has 1 aliphatic heterocycles. The Morgan fingerprint density at radius 1 is 1.28 bits per heavy atom. The molecule has 3 aromatic rings. The van der Waals surface area contributed by atoms with Gasteiger partial charge in [0.1, 0.15) is 11.9 Å². The van der Waals surface area contributed by atoms with Crippen LogP contribution in [0.25, 0.3) is 5.65 Å². The fourth-order valence-corrected chi connectivity index (χ4v) is 4.24. The van der Waals surface area contributed by atoms with E-state index in [1.807, 2.05) is 12.2 Å². The number of nitrogens with zero attached hydrogens (tertiary/aromatic N) is 3. The third-order valence-electron chi connectivity index (χ3n) is 5.99. The Morgan fingerprint density at radius 3 is 2.62 bits per heavy atom. The summed E-state index contributed by atoms with van der Waals surface area (Å²) in [4.78, 5) is 16.5. The molecule has 170 valence electrons. The van der Waals surface area contributed by atoms with Crippen LogP contribution in [-0.2, 0) is 11.2 Å². The number of hydrogen-bond donors (Lipinski definition) is 2. The molecule has 1 amide bonds. The van der Waals surface area contributed by atoms with Crippen molar-refractivity contribution < 1.29 is 22.4 Å². The van der Waals surface area contributed by atoms with E-state index in [0.717, 1.165) is 12.0 Å². The monoisotopic (exact) mass is 449 g/mol. The van der Waals surface area contributed by atoms with E-state index in [1.165, 1.54) is 18.3 Å². The van der Waals surface area contributed by atoms with Gasteiger partial charge in [0.05, 0.1) is 24.1 Å². The van der Waals surface area contributed by atoms with Crippen molar-refractivity contribution in [2.45, 2.75) is 50.4 Å². The average molecular weight is 449 g/mol. The van der Waals surface area contributed by atoms with Gasteiger partial charge in [-0.1, -0.05) is 19.1 Å². The van der Waals surface area contributed by atoms with E-state index in [2.05, 4.69) is 10.1 Å². The number of halogens is 4. The number of aromatic nitrogens is 3. The predicted molar refractivity (Wildman–Crippen MR) is 109 cm³/mol. The standard InChI is InChI=1S/C22H23F4N5O/c1-2-16(13-3-5-15(23)6-4-13)20(27)17-11-31-19(29-17)8-12(10-28-31)7-14-9-18(22(24,25)26)30-21(14)32/h3-6,8,10-11,14,16,18,20H,2,7,9,27H2,1H3,(H,30,32)/t14?,16-,18-,20-/m0/s1. The summed E-state index contributed by atoms with van der Waals surface area (Å²) < 4.78 is 53.5. The molecule has 1 saturated heterocycles. The molecule has 1 fully saturated rings. The molecule has 0 radical (unpaired) electrons. The summed E-state index contributed by atoms with van der Waals surface area (Å²) >= 11 is 0. The molecule has 4 rings (SSSR count). The average Bonchev–Trinajstić information content (AvgIpc) is 3.33. The first-order valence-electron chi connectivity index (χ1n) is 10.4. The lowest BCUT2D eigenvalue weighted by atomic mass is 9.88. The zero-order valence-electron chi connectivity index (χ0n) is 17.3. The zero-order chi connectivity index (χ0) is 23.0. The summed E-state index contributed by atoms with van der Waals surface area (Å²) in [5.41, 5.74) is 9.09. The summed E-state index contributed by atoms with van der Waals surface area (Å²) in [6.07, 6.45) is -0.664. The molecule has 0 aliphatic carbocycles. The van der Waals surface area contributed by atoms with E-state index < -0.39 is 30.1 Å². The largest absolute Gasteiger partial charge is 0.408 e. The Labute approximate surface area is 181 Å². The van der Waals surface area contributed by atoms with Crippen molar-refractivity contribution in [3.8, 4) is 0 Å². The summed E-state index contributed by atoms with van der Waals surface area (Å²) in [5, 5.41) is 6.30. The highest BCUT2D eigenvalue weighted by Gasteiger charge is 2.47. The van der Waals surface area contributed by atoms with Crippen molar-refractivity contribution >= 4 is 11.6 Å². The first kappa shape index (κ1) is 22.2. The van der Waals surface area contributed by atoms with Gasteiger partial charge in [-0.3, -0.25) is 4.79 Å². The number of nitrogens with two attached hydrogens (primary N) is 1. The van der Waals surface area contributed by atoms with Crippen LogP contribution < -0.4 is 11.1 Å². The molecule has 10 heteroatoms. The normalized spacial score (nSPS) is 21.0. The summed E-state index contributed by atoms with van der Waals surface area (Å²) in [7, 11) is 0. The fourth-order valence-electron chi connectivity index (χ4n) is 4.24. The number of nitrogens with one attached hydrogen (secondary N) is 1. The second-order valence-corrected chi connectivity index (χ2v) is 8.16. The van der Waals surface area contributed by atoms with Gasteiger partial charge in [-0.2, -0.15) is 18.3 Å². The summed E-state index contributed by atoms with van der Waals surface area (Å²) in [6, 6.07) is 5.63. The van der Waals surface area contributed by atoms with Crippen LogP contribution in [0.15, 0.2) is 42.7 Å². The minimum Gasteiger partial charge on any atom is -0.344 e. The number of hydrogen-bond acceptors (Lipinski definition) is 4. The van der Waals surface area contributed by atoms with Crippen LogP contribution in [0.4, 0.5) is 17.6 Å². The maximum Gasteiger partial charge on any atom is 0.408 e. The van der Waals surface area contributed by atoms with Crippen LogP contribution in [0.1, 0.15) is 48.5 Å². The Morgan fingerprint density at radius 2 is 2.00 bits per heavy atom. The number of fused-ring (bicyclic) bond motifs is 1. The van der Waals surface area contributed by atoms with E-state index >= 15 is 0 Å². The van der Waals surface area contributed by atoms with E-state index in [9.17, 15) is 22.4 Å². The van der Waals surface area contributed by atoms with Crippen molar-refractivity contribution in [2.24, 2.45) is 11.7 Å². The highest BCUT2D eigenvalue weighted by atomic mass is 19.4. The van der Waals surface area contributed by atoms with E-state index in [1.54, 1.807) is 28.9 Å². The van der Waals surface area contributed by atoms with Gasteiger partial charge in [0.25, 0.3) is 0 Å². The van der Waals surface area contributed by atoms with Gasteiger partial charge < -0.3 is 11.1 Å². The minimum atomic E-state index is -4.46. The predicted octanol–water partition coefficient (Wildman–Crippen LogP) is 3.67. The first-order chi connectivity index (χ1) is 15.2. The van der Waals surface area contributed by atoms with Crippen LogP contribution in [0.3, 0.4) is 0 Å². The maximum atomic E-state index is 13.3. The van der Waals surface area contributed by atoms with Crippen LogP contribution >= 0.6 is 0 Å². The molecule has 0 spiro atoms. The molecule has 3 N–H and O–H groups in total. The van der Waals surface area contributed by atoms with Crippen molar-refractivity contribution in [1.29, 1.82) is 0 Å². The third-order valence-corrected chi connectivity index (χ3v) is 5.99. The van der Waals surface area contributed by atoms with Gasteiger partial charge in [-0.15, -0.1) is 0 Å². The highest BCUT2D eigenvalue weighted by Crippen LogP contribution is 2.33. The van der Waals surface area contributed by atoms with Crippen LogP contribution in [-0.4, -0.2) is 32.7 Å². The van der Waals surface area contributed by atoms with E-state index in [-0.39, 0.29) is 24.6 Å². The molecule has 3 heterocycles. The van der Waals surface area contributed by atoms with Crippen molar-refractivity contribution in [3.63, 3.8) is 0 Å². The number of amides is 1. The molecule has 4 atom stereocenters. The molecule has 1 aliphatic rings. The Kier molecular flexibility index (Phi) is 5.89. The smallest absolute Gasteiger partial charge is 0.344 e. The van der Waals surface area contributed by atoms with E-state index in [0.29, 0.717) is 16.9 Å². The van der Waals surface area contributed by atoms with Gasteiger partial charge in [0.2, 0.25) is 5.91 Å². The van der Waals surface area contributed by atoms with Crippen LogP contribution in [0.2, 0.25) is 0 Å². The SMILES string of the molecule is CC[C@@H](c1ccc(F)cc1)[C@H](N)c1cn2ncc(CC3C[C@@H](C(F)(F)F)NC3=O)cc2n1. The first-order valence-corrected chi connectivity index (χ1v) is 10.4. The molecule has 0 saturated carbocycles. The number of rotatable bonds is 6. The molecule has 2 aromatic heterocycles. The fraction of sp³-hybridized carbons (Fsp3) is 0.409. The molecule has 32 heavy (non-hydrogen) atoms. The Balaban J connectivity index is 1.53. The number of benzene rings is 1. The van der Waals surface area contributed by atoms with Gasteiger partial charge >= 0.3 is 6.18 Å². The highest BCUT2D eigenvalue weighted by molar-refractivity contribution is 5.81. The summed E-state index contributed by atoms with van der Waals surface area (Å²) in [6.45, 7) is 1.99. The van der Waals surface area contributed by atoms with Gasteiger partial charge in [-0.05, 0) is 48.6 Å². The van der Waals surface area contributed by atoms with E-state index in [4.69, 9.17) is 5.73 Å². The number of alkyl halides is 3. The lowest BCUT2D eigenvalue weighted by molar-refractivity contribution is -0.154. The lowest BCUT2D eigenvalue weighted by Gasteiger charge is -2.21. The Hall–Kier alpha value is -3.01. The molecule has 6 nitrogen and oxygen atoms in total. The minimum absolute atomic E-state index is 0.0820. The number of imidazole rings is 1. The third kappa shape index (κ3) is 4.45. The zero-order valence-corrected chi connectivity index (χ0v) is 17.3. The number of carbonyl (C=O) groups excluding carboxylic acids is 1. The molecular formula is C22H23F4N5O. The second kappa shape index (κ2) is 8.50. The Bertz CT molecular complexity index is 1110.